The van der Waals surface area contributed by atoms with Crippen LogP contribution in [-0.4, -0.2) is 43.2 Å². The van der Waals surface area contributed by atoms with E-state index in [-0.39, 0.29) is 5.75 Å². The van der Waals surface area contributed by atoms with Crippen LogP contribution < -0.4 is 14.8 Å². The van der Waals surface area contributed by atoms with E-state index >= 15 is 0 Å². The minimum Gasteiger partial charge on any atom is -0.502 e. The van der Waals surface area contributed by atoms with Gasteiger partial charge in [0.15, 0.2) is 11.5 Å². The molecule has 1 aliphatic rings. The van der Waals surface area contributed by atoms with E-state index in [1.807, 2.05) is 32.1 Å². The molecule has 1 saturated heterocycles. The van der Waals surface area contributed by atoms with Crippen LogP contribution in [-0.2, 0) is 4.57 Å². The first-order valence-corrected chi connectivity index (χ1v) is 12.3. The van der Waals surface area contributed by atoms with Crippen molar-refractivity contribution in [1.82, 2.24) is 4.98 Å². The first-order valence-electron chi connectivity index (χ1n) is 10.2. The van der Waals surface area contributed by atoms with Crippen LogP contribution in [0.5, 0.6) is 17.2 Å². The highest BCUT2D eigenvalue weighted by Crippen LogP contribution is 2.61. The summed E-state index contributed by atoms with van der Waals surface area (Å²) in [6.45, 7) is 6.56. The molecule has 0 spiro atoms. The number of aromatic nitrogens is 1. The fourth-order valence-electron chi connectivity index (χ4n) is 3.94. The van der Waals surface area contributed by atoms with E-state index in [0.29, 0.717) is 24.0 Å². The van der Waals surface area contributed by atoms with Crippen LogP contribution in [0.1, 0.15) is 30.3 Å². The summed E-state index contributed by atoms with van der Waals surface area (Å²) in [5.41, 5.74) is 3.60. The molecule has 2 aromatic rings. The zero-order valence-corrected chi connectivity index (χ0v) is 19.3. The van der Waals surface area contributed by atoms with Crippen molar-refractivity contribution in [3.8, 4) is 17.2 Å². The van der Waals surface area contributed by atoms with Gasteiger partial charge in [-0.15, -0.1) is 0 Å². The number of benzene rings is 1. The molecule has 0 aliphatic carbocycles. The number of aryl methyl sites for hydroxylation is 2. The van der Waals surface area contributed by atoms with Crippen molar-refractivity contribution >= 4 is 18.9 Å². The number of rotatable bonds is 7. The third kappa shape index (κ3) is 4.81. The number of hydrogen-bond donors (Lipinski definition) is 2. The van der Waals surface area contributed by atoms with Crippen LogP contribution in [0.4, 0.5) is 5.69 Å². The molecule has 0 bridgehead atoms. The van der Waals surface area contributed by atoms with Gasteiger partial charge in [-0.25, -0.2) is 0 Å². The summed E-state index contributed by atoms with van der Waals surface area (Å²) in [4.78, 5) is 4.51. The maximum Gasteiger partial charge on any atom is 0.200 e. The molecule has 0 amide bonds. The van der Waals surface area contributed by atoms with Crippen molar-refractivity contribution in [2.24, 2.45) is 5.92 Å². The van der Waals surface area contributed by atoms with Gasteiger partial charge < -0.3 is 24.5 Å². The monoisotopic (exact) mass is 430 g/mol. The average molecular weight is 430 g/mol. The number of anilines is 1. The standard InChI is InChI=1S/C23H31N2O4P/c1-15-8-9-30(27,14-15)19(13-24-20-7-6-16(2)25-17(20)3)10-18-11-21(28-4)23(26)22(12-18)29-5/h6-7,10-12,15,24,26H,8-9,13-14H2,1-5H3/t15-,30?/m0/s1. The van der Waals surface area contributed by atoms with E-state index in [9.17, 15) is 9.67 Å². The largest absolute Gasteiger partial charge is 0.502 e. The molecule has 1 unspecified atom stereocenters. The zero-order chi connectivity index (χ0) is 21.9. The van der Waals surface area contributed by atoms with Crippen LogP contribution in [0, 0.1) is 19.8 Å². The van der Waals surface area contributed by atoms with Gasteiger partial charge in [0.2, 0.25) is 5.75 Å². The average Bonchev–Trinajstić information content (AvgIpc) is 3.06. The van der Waals surface area contributed by atoms with Crippen LogP contribution in [0.2, 0.25) is 0 Å². The summed E-state index contributed by atoms with van der Waals surface area (Å²) in [7, 11) is 0.508. The topological polar surface area (TPSA) is 80.7 Å². The van der Waals surface area contributed by atoms with E-state index in [1.54, 1.807) is 12.1 Å². The van der Waals surface area contributed by atoms with Gasteiger partial charge in [-0.3, -0.25) is 4.98 Å². The molecule has 3 rings (SSSR count). The second-order valence-corrected chi connectivity index (χ2v) is 11.2. The minimum absolute atomic E-state index is 0.0423. The summed E-state index contributed by atoms with van der Waals surface area (Å²) < 4.78 is 24.4. The number of aromatic hydroxyl groups is 1. The number of phenols is 1. The maximum atomic E-state index is 13.8. The number of ether oxygens (including phenoxy) is 2. The predicted molar refractivity (Wildman–Crippen MR) is 123 cm³/mol. The van der Waals surface area contributed by atoms with Gasteiger partial charge in [-0.2, -0.15) is 0 Å². The van der Waals surface area contributed by atoms with E-state index in [4.69, 9.17) is 9.47 Å². The second kappa shape index (κ2) is 9.13. The second-order valence-electron chi connectivity index (χ2n) is 8.04. The Morgan fingerprint density at radius 2 is 1.93 bits per heavy atom. The Morgan fingerprint density at radius 3 is 2.47 bits per heavy atom. The highest BCUT2D eigenvalue weighted by Gasteiger charge is 2.35. The van der Waals surface area contributed by atoms with E-state index in [0.717, 1.165) is 46.7 Å². The minimum atomic E-state index is -2.49. The highest BCUT2D eigenvalue weighted by atomic mass is 31.2. The fourth-order valence-corrected chi connectivity index (χ4v) is 7.44. The predicted octanol–water partition coefficient (Wildman–Crippen LogP) is 5.28. The molecular formula is C23H31N2O4P. The Hall–Kier alpha value is -2.46. The number of pyridine rings is 1. The van der Waals surface area contributed by atoms with Gasteiger partial charge in [0.1, 0.15) is 7.14 Å². The third-order valence-corrected chi connectivity index (χ3v) is 9.16. The quantitative estimate of drug-likeness (QED) is 0.582. The highest BCUT2D eigenvalue weighted by molar-refractivity contribution is 7.68. The van der Waals surface area contributed by atoms with Crippen molar-refractivity contribution in [2.45, 2.75) is 27.2 Å². The third-order valence-electron chi connectivity index (χ3n) is 5.63. The van der Waals surface area contributed by atoms with Crippen molar-refractivity contribution in [3.05, 3.63) is 46.5 Å². The van der Waals surface area contributed by atoms with Gasteiger partial charge in [0, 0.05) is 29.9 Å². The molecule has 0 saturated carbocycles. The molecule has 7 heteroatoms. The summed E-state index contributed by atoms with van der Waals surface area (Å²) >= 11 is 0. The molecule has 1 aromatic carbocycles. The molecule has 2 atom stereocenters. The number of methoxy groups -OCH3 is 2. The molecule has 30 heavy (non-hydrogen) atoms. The molecule has 162 valence electrons. The number of hydrogen-bond acceptors (Lipinski definition) is 6. The molecule has 1 aliphatic heterocycles. The first kappa shape index (κ1) is 22.2. The summed E-state index contributed by atoms with van der Waals surface area (Å²) in [6.07, 6.45) is 4.37. The molecular weight excluding hydrogens is 399 g/mol. The van der Waals surface area contributed by atoms with Gasteiger partial charge in [0.25, 0.3) is 0 Å². The van der Waals surface area contributed by atoms with Crippen molar-refractivity contribution in [3.63, 3.8) is 0 Å². The maximum absolute atomic E-state index is 13.8. The smallest absolute Gasteiger partial charge is 0.200 e. The number of phenolic OH excluding ortho intramolecular Hbond substituents is 1. The molecule has 2 N–H and O–H groups in total. The van der Waals surface area contributed by atoms with Crippen molar-refractivity contribution in [2.75, 3.05) is 38.4 Å². The lowest BCUT2D eigenvalue weighted by molar-refractivity contribution is 0.340. The van der Waals surface area contributed by atoms with Crippen LogP contribution >= 0.6 is 7.14 Å². The summed E-state index contributed by atoms with van der Waals surface area (Å²) in [5, 5.41) is 14.5. The SMILES string of the molecule is COc1cc(C=C(CNc2ccc(C)nc2C)P2(=O)CC[C@H](C)C2)cc(OC)c1O. The van der Waals surface area contributed by atoms with E-state index < -0.39 is 7.14 Å². The Labute approximate surface area is 178 Å². The Kier molecular flexibility index (Phi) is 6.77. The Morgan fingerprint density at radius 1 is 1.27 bits per heavy atom. The van der Waals surface area contributed by atoms with Crippen LogP contribution in [0.25, 0.3) is 6.08 Å². The normalized spacial score (nSPS) is 21.5. The Bertz CT molecular complexity index is 978. The zero-order valence-electron chi connectivity index (χ0n) is 18.4. The number of nitrogens with one attached hydrogen (secondary N) is 1. The summed E-state index contributed by atoms with van der Waals surface area (Å²) in [5.74, 6) is 1.05. The lowest BCUT2D eigenvalue weighted by Gasteiger charge is -2.19. The Balaban J connectivity index is 1.98. The summed E-state index contributed by atoms with van der Waals surface area (Å²) in [6, 6.07) is 7.45. The van der Waals surface area contributed by atoms with Crippen LogP contribution in [0.3, 0.4) is 0 Å². The molecule has 1 fully saturated rings. The lowest BCUT2D eigenvalue weighted by atomic mass is 10.1. The fraction of sp³-hybridized carbons (Fsp3) is 0.435. The first-order chi connectivity index (χ1) is 14.3. The van der Waals surface area contributed by atoms with Gasteiger partial charge >= 0.3 is 0 Å². The van der Waals surface area contributed by atoms with Crippen molar-refractivity contribution in [1.29, 1.82) is 0 Å². The van der Waals surface area contributed by atoms with E-state index in [2.05, 4.69) is 17.2 Å². The van der Waals surface area contributed by atoms with Gasteiger partial charge in [-0.1, -0.05) is 6.92 Å². The van der Waals surface area contributed by atoms with Gasteiger partial charge in [0.05, 0.1) is 25.6 Å². The van der Waals surface area contributed by atoms with E-state index in [1.165, 1.54) is 14.2 Å². The van der Waals surface area contributed by atoms with Crippen molar-refractivity contribution < 1.29 is 19.1 Å². The molecule has 6 nitrogen and oxygen atoms in total. The molecule has 0 radical (unpaired) electrons. The van der Waals surface area contributed by atoms with Gasteiger partial charge in [-0.05, 0) is 62.1 Å². The van der Waals surface area contributed by atoms with Crippen LogP contribution in [0.15, 0.2) is 29.6 Å². The molecule has 1 aromatic heterocycles. The lowest BCUT2D eigenvalue weighted by Crippen LogP contribution is -2.09. The number of nitrogens with zero attached hydrogens (tertiary/aromatic N) is 1. The molecule has 2 heterocycles.